The molecule has 0 radical (unpaired) electrons. The number of carbonyl (C=O) groups is 2. The van der Waals surface area contributed by atoms with Gasteiger partial charge in [-0.2, -0.15) is 5.10 Å². The van der Waals surface area contributed by atoms with Gasteiger partial charge in [0.05, 0.1) is 18.9 Å². The third kappa shape index (κ3) is 8.18. The van der Waals surface area contributed by atoms with Crippen molar-refractivity contribution in [2.45, 2.75) is 19.6 Å². The zero-order valence-electron chi connectivity index (χ0n) is 21.9. The fourth-order valence-electron chi connectivity index (χ4n) is 3.50. The van der Waals surface area contributed by atoms with E-state index in [0.717, 1.165) is 10.0 Å². The molecule has 4 aromatic carbocycles. The largest absolute Gasteiger partial charge is 0.493 e. The highest BCUT2D eigenvalue weighted by Gasteiger charge is 2.15. The van der Waals surface area contributed by atoms with Gasteiger partial charge in [-0.25, -0.2) is 10.2 Å². The predicted octanol–water partition coefficient (Wildman–Crippen LogP) is 6.17. The number of hydrogen-bond donors (Lipinski definition) is 1. The van der Waals surface area contributed by atoms with Gasteiger partial charge in [0, 0.05) is 4.47 Å². The number of hydrazone groups is 1. The van der Waals surface area contributed by atoms with Crippen LogP contribution in [0.25, 0.3) is 0 Å². The molecule has 0 aromatic heterocycles. The summed E-state index contributed by atoms with van der Waals surface area (Å²) >= 11 is 3.34. The van der Waals surface area contributed by atoms with E-state index >= 15 is 0 Å². The zero-order chi connectivity index (χ0) is 28.3. The second-order valence-corrected chi connectivity index (χ2v) is 9.47. The molecular formula is C31H27BrN2O6. The molecule has 0 heterocycles. The lowest BCUT2D eigenvalue weighted by molar-refractivity contribution is -0.127. The van der Waals surface area contributed by atoms with E-state index in [1.165, 1.54) is 13.3 Å². The first-order valence-corrected chi connectivity index (χ1v) is 13.1. The number of carbonyl (C=O) groups excluding carboxylic acids is 2. The van der Waals surface area contributed by atoms with Crippen LogP contribution >= 0.6 is 15.9 Å². The van der Waals surface area contributed by atoms with Crippen molar-refractivity contribution in [1.82, 2.24) is 5.43 Å². The Morgan fingerprint density at radius 2 is 1.65 bits per heavy atom. The Hall–Kier alpha value is -4.63. The van der Waals surface area contributed by atoms with Crippen LogP contribution in [0.15, 0.2) is 107 Å². The molecule has 0 aliphatic heterocycles. The van der Waals surface area contributed by atoms with Crippen molar-refractivity contribution in [3.63, 3.8) is 0 Å². The average molecular weight is 603 g/mol. The second kappa shape index (κ2) is 14.0. The number of halogens is 1. The molecule has 0 saturated heterocycles. The molecular weight excluding hydrogens is 576 g/mol. The van der Waals surface area contributed by atoms with Gasteiger partial charge in [-0.05, 0) is 78.7 Å². The minimum atomic E-state index is -0.789. The maximum Gasteiger partial charge on any atom is 0.343 e. The molecule has 8 nitrogen and oxygen atoms in total. The van der Waals surface area contributed by atoms with Gasteiger partial charge < -0.3 is 18.9 Å². The molecule has 40 heavy (non-hydrogen) atoms. The van der Waals surface area contributed by atoms with Gasteiger partial charge in [0.2, 0.25) is 0 Å². The van der Waals surface area contributed by atoms with E-state index in [2.05, 4.69) is 26.5 Å². The summed E-state index contributed by atoms with van der Waals surface area (Å²) in [5.41, 5.74) is 4.56. The molecule has 0 fully saturated rings. The predicted molar refractivity (Wildman–Crippen MR) is 155 cm³/mol. The van der Waals surface area contributed by atoms with Crippen LogP contribution in [0.3, 0.4) is 0 Å². The van der Waals surface area contributed by atoms with Crippen molar-refractivity contribution in [2.24, 2.45) is 5.10 Å². The molecule has 0 aliphatic carbocycles. The van der Waals surface area contributed by atoms with Crippen LogP contribution < -0.4 is 24.4 Å². The van der Waals surface area contributed by atoms with Gasteiger partial charge in [-0.15, -0.1) is 0 Å². The summed E-state index contributed by atoms with van der Waals surface area (Å²) in [6.45, 7) is 2.09. The van der Waals surface area contributed by atoms with Gasteiger partial charge in [-0.3, -0.25) is 4.79 Å². The monoisotopic (exact) mass is 602 g/mol. The van der Waals surface area contributed by atoms with Gasteiger partial charge >= 0.3 is 5.97 Å². The average Bonchev–Trinajstić information content (AvgIpc) is 2.97. The van der Waals surface area contributed by atoms with Crippen LogP contribution in [0.5, 0.6) is 23.0 Å². The van der Waals surface area contributed by atoms with Crippen LogP contribution in [-0.4, -0.2) is 31.3 Å². The molecule has 1 amide bonds. The van der Waals surface area contributed by atoms with Gasteiger partial charge in [0.1, 0.15) is 18.1 Å². The summed E-state index contributed by atoms with van der Waals surface area (Å²) < 4.78 is 23.1. The number of nitrogens with one attached hydrogen (secondary N) is 1. The first-order chi connectivity index (χ1) is 19.4. The highest BCUT2D eigenvalue weighted by atomic mass is 79.9. The van der Waals surface area contributed by atoms with Crippen LogP contribution in [0.4, 0.5) is 0 Å². The Labute approximate surface area is 240 Å². The molecule has 4 rings (SSSR count). The van der Waals surface area contributed by atoms with E-state index in [1.54, 1.807) is 67.6 Å². The second-order valence-electron chi connectivity index (χ2n) is 8.55. The van der Waals surface area contributed by atoms with E-state index < -0.39 is 18.0 Å². The molecule has 9 heteroatoms. The Morgan fingerprint density at radius 1 is 0.900 bits per heavy atom. The molecule has 204 valence electrons. The lowest BCUT2D eigenvalue weighted by Crippen LogP contribution is -2.33. The number of esters is 1. The van der Waals surface area contributed by atoms with Crippen molar-refractivity contribution >= 4 is 34.0 Å². The van der Waals surface area contributed by atoms with Crippen molar-refractivity contribution in [2.75, 3.05) is 7.11 Å². The zero-order valence-corrected chi connectivity index (χ0v) is 23.5. The number of nitrogens with zero attached hydrogens (tertiary/aromatic N) is 1. The third-order valence-corrected chi connectivity index (χ3v) is 6.09. The lowest BCUT2D eigenvalue weighted by atomic mass is 10.2. The fraction of sp³-hybridized carbons (Fsp3) is 0.129. The van der Waals surface area contributed by atoms with Crippen molar-refractivity contribution in [1.29, 1.82) is 0 Å². The van der Waals surface area contributed by atoms with Crippen LogP contribution in [0, 0.1) is 0 Å². The number of amides is 1. The summed E-state index contributed by atoms with van der Waals surface area (Å²) in [6.07, 6.45) is 0.661. The molecule has 1 atom stereocenters. The van der Waals surface area contributed by atoms with Crippen LogP contribution in [0.2, 0.25) is 0 Å². The summed E-state index contributed by atoms with van der Waals surface area (Å²) in [5, 5.41) is 4.00. The number of rotatable bonds is 11. The van der Waals surface area contributed by atoms with E-state index in [0.29, 0.717) is 35.0 Å². The Bertz CT molecular complexity index is 1480. The maximum atomic E-state index is 12.5. The van der Waals surface area contributed by atoms with E-state index in [-0.39, 0.29) is 5.75 Å². The minimum Gasteiger partial charge on any atom is -0.493 e. The van der Waals surface area contributed by atoms with Crippen LogP contribution in [-0.2, 0) is 11.4 Å². The lowest BCUT2D eigenvalue weighted by Gasteiger charge is -2.13. The maximum absolute atomic E-state index is 12.5. The summed E-state index contributed by atoms with van der Waals surface area (Å²) in [4.78, 5) is 24.9. The molecule has 0 aliphatic rings. The normalized spacial score (nSPS) is 11.5. The molecule has 0 bridgehead atoms. The number of methoxy groups -OCH3 is 1. The van der Waals surface area contributed by atoms with Crippen molar-refractivity contribution in [3.8, 4) is 23.0 Å². The van der Waals surface area contributed by atoms with Gasteiger partial charge in [0.25, 0.3) is 5.91 Å². The van der Waals surface area contributed by atoms with Crippen molar-refractivity contribution in [3.05, 3.63) is 118 Å². The highest BCUT2D eigenvalue weighted by Crippen LogP contribution is 2.28. The Balaban J connectivity index is 1.27. The molecule has 0 spiro atoms. The SMILES string of the molecule is COc1cc(/C=N\NC(=O)[C@H](C)Oc2ccc(OCc3ccccc3)cc2)ccc1OC(=O)c1cccc(Br)c1. The van der Waals surface area contributed by atoms with E-state index in [9.17, 15) is 9.59 Å². The highest BCUT2D eigenvalue weighted by molar-refractivity contribution is 9.10. The van der Waals surface area contributed by atoms with Crippen molar-refractivity contribution < 1.29 is 28.5 Å². The first kappa shape index (κ1) is 28.4. The molecule has 4 aromatic rings. The number of benzene rings is 4. The summed E-state index contributed by atoms with van der Waals surface area (Å²) in [5.74, 6) is 0.876. The number of hydrogen-bond acceptors (Lipinski definition) is 7. The standard InChI is InChI=1S/C31H27BrN2O6/c1-21(39-27-14-12-26(13-15-27)38-20-22-7-4-3-5-8-22)30(35)34-33-19-23-11-16-28(29(17-23)37-2)40-31(36)24-9-6-10-25(32)18-24/h3-19,21H,20H2,1-2H3,(H,34,35)/b33-19-/t21-/m0/s1. The smallest absolute Gasteiger partial charge is 0.343 e. The van der Waals surface area contributed by atoms with E-state index in [1.807, 2.05) is 36.4 Å². The Morgan fingerprint density at radius 3 is 2.38 bits per heavy atom. The number of ether oxygens (including phenoxy) is 4. The minimum absolute atomic E-state index is 0.257. The topological polar surface area (TPSA) is 95.5 Å². The molecule has 0 saturated carbocycles. The fourth-order valence-corrected chi connectivity index (χ4v) is 3.90. The molecule has 0 unspecified atom stereocenters. The summed E-state index contributed by atoms with van der Waals surface area (Å²) in [7, 11) is 1.47. The quantitative estimate of drug-likeness (QED) is 0.0954. The summed E-state index contributed by atoms with van der Waals surface area (Å²) in [6, 6.07) is 28.7. The first-order valence-electron chi connectivity index (χ1n) is 12.3. The Kier molecular flexibility index (Phi) is 9.90. The van der Waals surface area contributed by atoms with Gasteiger partial charge in [-0.1, -0.05) is 52.3 Å². The van der Waals surface area contributed by atoms with Crippen LogP contribution in [0.1, 0.15) is 28.4 Å². The van der Waals surface area contributed by atoms with Gasteiger partial charge in [0.15, 0.2) is 17.6 Å². The molecule has 1 N–H and O–H groups in total. The van der Waals surface area contributed by atoms with E-state index in [4.69, 9.17) is 18.9 Å². The third-order valence-electron chi connectivity index (χ3n) is 5.59.